The predicted octanol–water partition coefficient (Wildman–Crippen LogP) is 1.56. The predicted molar refractivity (Wildman–Crippen MR) is 64.8 cm³/mol. The monoisotopic (exact) mass is 244 g/mol. The quantitative estimate of drug-likeness (QED) is 0.743. The first kappa shape index (κ1) is 9.98. The number of rotatable bonds is 2. The van der Waals surface area contributed by atoms with E-state index >= 15 is 0 Å². The fourth-order valence-corrected chi connectivity index (χ4v) is 2.39. The summed E-state index contributed by atoms with van der Waals surface area (Å²) in [6, 6.07) is 5.55. The van der Waals surface area contributed by atoms with Gasteiger partial charge in [-0.05, 0) is 12.1 Å². The molecular formula is C11H8N4OS. The van der Waals surface area contributed by atoms with Gasteiger partial charge in [0.05, 0.1) is 0 Å². The zero-order valence-corrected chi connectivity index (χ0v) is 9.52. The molecule has 0 spiro atoms. The Morgan fingerprint density at radius 2 is 2.29 bits per heavy atom. The first-order chi connectivity index (χ1) is 8.27. The summed E-state index contributed by atoms with van der Waals surface area (Å²) in [7, 11) is 0. The lowest BCUT2D eigenvalue weighted by atomic mass is 10.3. The number of nitrogens with zero attached hydrogens (tertiary/aromatic N) is 3. The van der Waals surface area contributed by atoms with Crippen LogP contribution in [0.4, 0.5) is 0 Å². The van der Waals surface area contributed by atoms with Gasteiger partial charge in [0.25, 0.3) is 5.91 Å². The van der Waals surface area contributed by atoms with E-state index in [0.29, 0.717) is 11.3 Å². The molecule has 0 bridgehead atoms. The van der Waals surface area contributed by atoms with Gasteiger partial charge in [0.2, 0.25) is 0 Å². The smallest absolute Gasteiger partial charge is 0.269 e. The summed E-state index contributed by atoms with van der Waals surface area (Å²) in [6.45, 7) is 0. The van der Waals surface area contributed by atoms with Gasteiger partial charge in [-0.3, -0.25) is 9.20 Å². The van der Waals surface area contributed by atoms with Crippen LogP contribution in [-0.4, -0.2) is 20.3 Å². The van der Waals surface area contributed by atoms with Gasteiger partial charge < -0.3 is 5.73 Å². The highest BCUT2D eigenvalue weighted by atomic mass is 32.1. The summed E-state index contributed by atoms with van der Waals surface area (Å²) in [5.41, 5.74) is 6.94. The van der Waals surface area contributed by atoms with Gasteiger partial charge in [0.1, 0.15) is 16.3 Å². The number of amides is 1. The Bertz CT molecular complexity index is 687. The lowest BCUT2D eigenvalue weighted by Crippen LogP contribution is -2.12. The number of fused-ring (bicyclic) bond motifs is 1. The van der Waals surface area contributed by atoms with Crippen LogP contribution < -0.4 is 5.73 Å². The van der Waals surface area contributed by atoms with Crippen LogP contribution in [0.5, 0.6) is 0 Å². The molecule has 0 aromatic carbocycles. The van der Waals surface area contributed by atoms with E-state index in [4.69, 9.17) is 5.73 Å². The molecule has 3 aromatic rings. The standard InChI is InChI=1S/C11H8N4OS/c12-10(16)8-9(11-13-4-6-17-11)15-5-2-1-3-7(15)14-8/h1-6H,(H2,12,16). The minimum absolute atomic E-state index is 0.256. The molecule has 0 fully saturated rings. The maximum atomic E-state index is 11.4. The lowest BCUT2D eigenvalue weighted by molar-refractivity contribution is 0.0997. The molecule has 3 rings (SSSR count). The number of nitrogens with two attached hydrogens (primary N) is 1. The van der Waals surface area contributed by atoms with Crippen molar-refractivity contribution in [3.8, 4) is 10.7 Å². The molecule has 84 valence electrons. The van der Waals surface area contributed by atoms with Crippen LogP contribution in [0.3, 0.4) is 0 Å². The highest BCUT2D eigenvalue weighted by molar-refractivity contribution is 7.13. The van der Waals surface area contributed by atoms with Gasteiger partial charge >= 0.3 is 0 Å². The van der Waals surface area contributed by atoms with Crippen molar-refractivity contribution >= 4 is 22.9 Å². The molecule has 1 amide bonds. The van der Waals surface area contributed by atoms with E-state index in [-0.39, 0.29) is 5.69 Å². The van der Waals surface area contributed by atoms with Crippen molar-refractivity contribution in [2.45, 2.75) is 0 Å². The summed E-state index contributed by atoms with van der Waals surface area (Å²) in [5, 5.41) is 2.58. The van der Waals surface area contributed by atoms with Crippen LogP contribution in [0.15, 0.2) is 36.0 Å². The molecule has 2 N–H and O–H groups in total. The van der Waals surface area contributed by atoms with Gasteiger partial charge in [-0.25, -0.2) is 9.97 Å². The molecule has 0 aliphatic carbocycles. The second kappa shape index (κ2) is 3.67. The average Bonchev–Trinajstić information content (AvgIpc) is 2.94. The first-order valence-corrected chi connectivity index (χ1v) is 5.82. The van der Waals surface area contributed by atoms with E-state index in [1.54, 1.807) is 6.20 Å². The van der Waals surface area contributed by atoms with Crippen molar-refractivity contribution in [3.05, 3.63) is 41.7 Å². The van der Waals surface area contributed by atoms with E-state index in [1.165, 1.54) is 11.3 Å². The number of carbonyl (C=O) groups is 1. The van der Waals surface area contributed by atoms with Crippen LogP contribution >= 0.6 is 11.3 Å². The summed E-state index contributed by atoms with van der Waals surface area (Å²) in [6.07, 6.45) is 3.53. The van der Waals surface area contributed by atoms with Crippen LogP contribution in [-0.2, 0) is 0 Å². The van der Waals surface area contributed by atoms with Crippen molar-refractivity contribution in [2.75, 3.05) is 0 Å². The molecule has 3 heterocycles. The van der Waals surface area contributed by atoms with E-state index in [9.17, 15) is 4.79 Å². The average molecular weight is 244 g/mol. The number of aromatic nitrogens is 3. The summed E-state index contributed by atoms with van der Waals surface area (Å²) < 4.78 is 1.82. The third-order valence-corrected chi connectivity index (χ3v) is 3.18. The molecule has 6 heteroatoms. The van der Waals surface area contributed by atoms with Crippen LogP contribution in [0.1, 0.15) is 10.5 Å². The maximum Gasteiger partial charge on any atom is 0.269 e. The molecule has 0 aliphatic heterocycles. The van der Waals surface area contributed by atoms with E-state index in [1.807, 2.05) is 34.2 Å². The van der Waals surface area contributed by atoms with E-state index in [2.05, 4.69) is 9.97 Å². The Morgan fingerprint density at radius 3 is 3.00 bits per heavy atom. The number of thiazole rings is 1. The van der Waals surface area contributed by atoms with Crippen LogP contribution in [0, 0.1) is 0 Å². The van der Waals surface area contributed by atoms with Crippen molar-refractivity contribution in [2.24, 2.45) is 5.73 Å². The number of hydrogen-bond donors (Lipinski definition) is 1. The fourth-order valence-electron chi connectivity index (χ4n) is 1.71. The number of carbonyl (C=O) groups excluding carboxylic acids is 1. The molecule has 0 saturated carbocycles. The van der Waals surface area contributed by atoms with Gasteiger partial charge in [-0.15, -0.1) is 11.3 Å². The Balaban J connectivity index is 2.40. The molecule has 5 nitrogen and oxygen atoms in total. The second-order valence-corrected chi connectivity index (χ2v) is 4.33. The van der Waals surface area contributed by atoms with Crippen LogP contribution in [0.2, 0.25) is 0 Å². The Hall–Kier alpha value is -2.21. The molecule has 0 saturated heterocycles. The van der Waals surface area contributed by atoms with Crippen molar-refractivity contribution in [1.82, 2.24) is 14.4 Å². The zero-order chi connectivity index (χ0) is 11.8. The van der Waals surface area contributed by atoms with Gasteiger partial charge in [0, 0.05) is 17.8 Å². The summed E-state index contributed by atoms with van der Waals surface area (Å²) in [4.78, 5) is 19.8. The number of pyridine rings is 1. The zero-order valence-electron chi connectivity index (χ0n) is 8.70. The largest absolute Gasteiger partial charge is 0.364 e. The molecular weight excluding hydrogens is 236 g/mol. The Morgan fingerprint density at radius 1 is 1.41 bits per heavy atom. The first-order valence-electron chi connectivity index (χ1n) is 4.94. The lowest BCUT2D eigenvalue weighted by Gasteiger charge is -1.98. The molecule has 0 radical (unpaired) electrons. The van der Waals surface area contributed by atoms with E-state index < -0.39 is 5.91 Å². The molecule has 3 aromatic heterocycles. The van der Waals surface area contributed by atoms with E-state index in [0.717, 1.165) is 5.01 Å². The van der Waals surface area contributed by atoms with Gasteiger partial charge in [0.15, 0.2) is 5.69 Å². The van der Waals surface area contributed by atoms with Crippen LogP contribution in [0.25, 0.3) is 16.3 Å². The third kappa shape index (κ3) is 1.50. The highest BCUT2D eigenvalue weighted by Crippen LogP contribution is 2.26. The molecule has 0 atom stereocenters. The Kier molecular flexibility index (Phi) is 2.15. The molecule has 0 unspecified atom stereocenters. The fraction of sp³-hybridized carbons (Fsp3) is 0. The minimum Gasteiger partial charge on any atom is -0.364 e. The van der Waals surface area contributed by atoms with Gasteiger partial charge in [-0.2, -0.15) is 0 Å². The highest BCUT2D eigenvalue weighted by Gasteiger charge is 2.19. The van der Waals surface area contributed by atoms with Crippen molar-refractivity contribution < 1.29 is 4.79 Å². The SMILES string of the molecule is NC(=O)c1nc2ccccn2c1-c1nccs1. The number of imidazole rings is 1. The normalized spacial score (nSPS) is 10.8. The number of primary amides is 1. The van der Waals surface area contributed by atoms with Crippen molar-refractivity contribution in [3.63, 3.8) is 0 Å². The molecule has 0 aliphatic rings. The molecule has 17 heavy (non-hydrogen) atoms. The number of hydrogen-bond acceptors (Lipinski definition) is 4. The summed E-state index contributed by atoms with van der Waals surface area (Å²) in [5.74, 6) is -0.543. The third-order valence-electron chi connectivity index (χ3n) is 2.40. The van der Waals surface area contributed by atoms with Crippen molar-refractivity contribution in [1.29, 1.82) is 0 Å². The Labute approximate surface area is 101 Å². The maximum absolute atomic E-state index is 11.4. The minimum atomic E-state index is -0.543. The summed E-state index contributed by atoms with van der Waals surface area (Å²) >= 11 is 1.45. The second-order valence-electron chi connectivity index (χ2n) is 3.44. The van der Waals surface area contributed by atoms with Gasteiger partial charge in [-0.1, -0.05) is 6.07 Å². The topological polar surface area (TPSA) is 73.3 Å².